The number of aromatic nitrogens is 6. The first-order valence-corrected chi connectivity index (χ1v) is 9.53. The van der Waals surface area contributed by atoms with E-state index in [1.165, 1.54) is 6.20 Å². The second-order valence-electron chi connectivity index (χ2n) is 6.51. The SMILES string of the molecule is CCOC(=O)Nc1cccc(-c2cn(Cc3ccc(-c4nnc(C(F)F)o4)cn3)nn2)c1. The van der Waals surface area contributed by atoms with Crippen LogP contribution in [0.15, 0.2) is 53.2 Å². The van der Waals surface area contributed by atoms with E-state index in [1.54, 1.807) is 48.1 Å². The molecule has 164 valence electrons. The maximum atomic E-state index is 12.6. The molecule has 1 N–H and O–H groups in total. The van der Waals surface area contributed by atoms with Gasteiger partial charge in [0.1, 0.15) is 5.69 Å². The van der Waals surface area contributed by atoms with Crippen molar-refractivity contribution >= 4 is 11.8 Å². The van der Waals surface area contributed by atoms with E-state index in [0.29, 0.717) is 29.2 Å². The fourth-order valence-corrected chi connectivity index (χ4v) is 2.80. The Hall–Kier alpha value is -4.22. The molecule has 10 nitrogen and oxygen atoms in total. The summed E-state index contributed by atoms with van der Waals surface area (Å²) in [6.45, 7) is 2.34. The van der Waals surface area contributed by atoms with E-state index >= 15 is 0 Å². The van der Waals surface area contributed by atoms with E-state index in [0.717, 1.165) is 5.56 Å². The third kappa shape index (κ3) is 4.91. The second-order valence-corrected chi connectivity index (χ2v) is 6.51. The molecule has 0 atom stereocenters. The second kappa shape index (κ2) is 9.29. The van der Waals surface area contributed by atoms with Crippen LogP contribution in [0.2, 0.25) is 0 Å². The molecule has 4 rings (SSSR count). The summed E-state index contributed by atoms with van der Waals surface area (Å²) >= 11 is 0. The number of hydrogen-bond acceptors (Lipinski definition) is 8. The topological polar surface area (TPSA) is 121 Å². The van der Waals surface area contributed by atoms with E-state index in [2.05, 4.69) is 30.8 Å². The Bertz CT molecular complexity index is 1210. The van der Waals surface area contributed by atoms with Gasteiger partial charge in [0.25, 0.3) is 5.89 Å². The molecule has 0 unspecified atom stereocenters. The Morgan fingerprint density at radius 3 is 2.78 bits per heavy atom. The van der Waals surface area contributed by atoms with Gasteiger partial charge in [0, 0.05) is 17.4 Å². The smallest absolute Gasteiger partial charge is 0.411 e. The lowest BCUT2D eigenvalue weighted by atomic mass is 10.1. The number of carbonyl (C=O) groups is 1. The molecule has 0 saturated carbocycles. The number of pyridine rings is 1. The monoisotopic (exact) mass is 441 g/mol. The van der Waals surface area contributed by atoms with E-state index < -0.39 is 18.4 Å². The quantitative estimate of drug-likeness (QED) is 0.458. The first kappa shape index (κ1) is 21.0. The molecule has 3 aromatic heterocycles. The van der Waals surface area contributed by atoms with Gasteiger partial charge < -0.3 is 9.15 Å². The fraction of sp³-hybridized carbons (Fsp3) is 0.200. The van der Waals surface area contributed by atoms with Crippen LogP contribution in [0.25, 0.3) is 22.7 Å². The molecule has 1 amide bonds. The van der Waals surface area contributed by atoms with Crippen molar-refractivity contribution in [1.82, 2.24) is 30.2 Å². The van der Waals surface area contributed by atoms with Crippen LogP contribution in [-0.2, 0) is 11.3 Å². The number of anilines is 1. The first-order chi connectivity index (χ1) is 15.5. The molecular weight excluding hydrogens is 424 g/mol. The van der Waals surface area contributed by atoms with Crippen LogP contribution in [0.5, 0.6) is 0 Å². The standard InChI is InChI=1S/C20H17F2N7O3/c1-2-31-20(30)24-14-5-3-4-12(8-14)16-11-29(28-25-16)10-15-7-6-13(9-23-15)18-26-27-19(32-18)17(21)22/h3-9,11,17H,2,10H2,1H3,(H,24,30). The van der Waals surface area contributed by atoms with Gasteiger partial charge >= 0.3 is 12.5 Å². The van der Waals surface area contributed by atoms with Crippen molar-refractivity contribution < 1.29 is 22.7 Å². The Balaban J connectivity index is 1.43. The highest BCUT2D eigenvalue weighted by Gasteiger charge is 2.17. The van der Waals surface area contributed by atoms with E-state index in [1.807, 2.05) is 6.07 Å². The number of nitrogens with one attached hydrogen (secondary N) is 1. The van der Waals surface area contributed by atoms with Gasteiger partial charge in [-0.2, -0.15) is 8.78 Å². The first-order valence-electron chi connectivity index (χ1n) is 9.53. The lowest BCUT2D eigenvalue weighted by Crippen LogP contribution is -2.13. The number of carbonyl (C=O) groups excluding carboxylic acids is 1. The maximum absolute atomic E-state index is 12.6. The Morgan fingerprint density at radius 2 is 2.06 bits per heavy atom. The van der Waals surface area contributed by atoms with Crippen LogP contribution >= 0.6 is 0 Å². The number of rotatable bonds is 7. The lowest BCUT2D eigenvalue weighted by molar-refractivity contribution is 0.116. The number of alkyl halides is 2. The van der Waals surface area contributed by atoms with Gasteiger partial charge in [-0.15, -0.1) is 15.3 Å². The highest BCUT2D eigenvalue weighted by Crippen LogP contribution is 2.23. The zero-order chi connectivity index (χ0) is 22.5. The van der Waals surface area contributed by atoms with Crippen LogP contribution in [0.3, 0.4) is 0 Å². The Kier molecular flexibility index (Phi) is 6.10. The highest BCUT2D eigenvalue weighted by atomic mass is 19.3. The summed E-state index contributed by atoms with van der Waals surface area (Å²) in [6, 6.07) is 10.5. The van der Waals surface area contributed by atoms with Crippen LogP contribution < -0.4 is 5.32 Å². The number of ether oxygens (including phenoxy) is 1. The minimum absolute atomic E-state index is 0.0290. The summed E-state index contributed by atoms with van der Waals surface area (Å²) in [4.78, 5) is 15.9. The van der Waals surface area contributed by atoms with Gasteiger partial charge in [0.05, 0.1) is 30.6 Å². The Morgan fingerprint density at radius 1 is 1.19 bits per heavy atom. The number of amides is 1. The van der Waals surface area contributed by atoms with Crippen molar-refractivity contribution in [2.24, 2.45) is 0 Å². The molecular formula is C20H17F2N7O3. The number of nitrogens with zero attached hydrogens (tertiary/aromatic N) is 6. The molecule has 3 heterocycles. The van der Waals surface area contributed by atoms with Crippen molar-refractivity contribution in [2.45, 2.75) is 19.9 Å². The molecule has 0 bridgehead atoms. The van der Waals surface area contributed by atoms with E-state index in [9.17, 15) is 13.6 Å². The number of halogens is 2. The lowest BCUT2D eigenvalue weighted by Gasteiger charge is -2.06. The third-order valence-corrected chi connectivity index (χ3v) is 4.24. The van der Waals surface area contributed by atoms with Crippen LogP contribution in [0.4, 0.5) is 19.3 Å². The van der Waals surface area contributed by atoms with Gasteiger partial charge in [-0.1, -0.05) is 17.3 Å². The molecule has 0 spiro atoms. The van der Waals surface area contributed by atoms with E-state index in [4.69, 9.17) is 9.15 Å². The van der Waals surface area contributed by atoms with Gasteiger partial charge in [0.2, 0.25) is 5.89 Å². The predicted molar refractivity (Wildman–Crippen MR) is 108 cm³/mol. The fourth-order valence-electron chi connectivity index (χ4n) is 2.80. The predicted octanol–water partition coefficient (Wildman–Crippen LogP) is 3.94. The minimum Gasteiger partial charge on any atom is -0.450 e. The molecule has 0 saturated heterocycles. The van der Waals surface area contributed by atoms with E-state index in [-0.39, 0.29) is 12.5 Å². The average Bonchev–Trinajstić information content (AvgIpc) is 3.45. The highest BCUT2D eigenvalue weighted by molar-refractivity contribution is 5.85. The zero-order valence-electron chi connectivity index (χ0n) is 16.8. The van der Waals surface area contributed by atoms with Gasteiger partial charge in [0.15, 0.2) is 0 Å². The summed E-state index contributed by atoms with van der Waals surface area (Å²) in [5.41, 5.74) is 3.04. The molecule has 0 fully saturated rings. The van der Waals surface area contributed by atoms with Crippen molar-refractivity contribution in [1.29, 1.82) is 0 Å². The summed E-state index contributed by atoms with van der Waals surface area (Å²) in [6.07, 6.45) is -0.160. The van der Waals surface area contributed by atoms with Gasteiger partial charge in [-0.05, 0) is 31.2 Å². The molecule has 0 aliphatic rings. The molecule has 1 aromatic carbocycles. The number of hydrogen-bond donors (Lipinski definition) is 1. The molecule has 0 radical (unpaired) electrons. The van der Waals surface area contributed by atoms with Crippen LogP contribution in [0, 0.1) is 0 Å². The average molecular weight is 441 g/mol. The van der Waals surface area contributed by atoms with Crippen LogP contribution in [0.1, 0.15) is 24.9 Å². The summed E-state index contributed by atoms with van der Waals surface area (Å²) < 4.78 is 36.6. The van der Waals surface area contributed by atoms with Gasteiger partial charge in [-0.3, -0.25) is 10.3 Å². The third-order valence-electron chi connectivity index (χ3n) is 4.24. The van der Waals surface area contributed by atoms with Crippen molar-refractivity contribution in [2.75, 3.05) is 11.9 Å². The summed E-state index contributed by atoms with van der Waals surface area (Å²) in [5.74, 6) is -0.764. The molecule has 0 aliphatic carbocycles. The zero-order valence-corrected chi connectivity index (χ0v) is 16.8. The minimum atomic E-state index is -2.83. The summed E-state index contributed by atoms with van der Waals surface area (Å²) in [7, 11) is 0. The number of benzene rings is 1. The van der Waals surface area contributed by atoms with Crippen molar-refractivity contribution in [3.63, 3.8) is 0 Å². The maximum Gasteiger partial charge on any atom is 0.411 e. The molecule has 0 aliphatic heterocycles. The molecule has 32 heavy (non-hydrogen) atoms. The van der Waals surface area contributed by atoms with Crippen molar-refractivity contribution in [3.05, 3.63) is 60.4 Å². The molecule has 4 aromatic rings. The normalized spacial score (nSPS) is 11.0. The Labute approximate surface area is 180 Å². The van der Waals surface area contributed by atoms with Crippen molar-refractivity contribution in [3.8, 4) is 22.7 Å². The molecule has 12 heteroatoms. The van der Waals surface area contributed by atoms with Gasteiger partial charge in [-0.25, -0.2) is 9.48 Å². The van der Waals surface area contributed by atoms with Crippen LogP contribution in [-0.4, -0.2) is 42.9 Å². The summed E-state index contributed by atoms with van der Waals surface area (Å²) in [5, 5.41) is 17.8. The largest absolute Gasteiger partial charge is 0.450 e.